The van der Waals surface area contributed by atoms with Crippen molar-refractivity contribution < 1.29 is 13.9 Å². The van der Waals surface area contributed by atoms with E-state index in [1.54, 1.807) is 24.3 Å². The van der Waals surface area contributed by atoms with Gasteiger partial charge in [-0.15, -0.1) is 0 Å². The Morgan fingerprint density at radius 2 is 1.94 bits per heavy atom. The van der Waals surface area contributed by atoms with E-state index in [2.05, 4.69) is 4.99 Å². The summed E-state index contributed by atoms with van der Waals surface area (Å²) in [6.07, 6.45) is 0. The van der Waals surface area contributed by atoms with Crippen LogP contribution < -0.4 is 0 Å². The van der Waals surface area contributed by atoms with Crippen LogP contribution in [0.4, 0.5) is 4.39 Å². The van der Waals surface area contributed by atoms with Crippen molar-refractivity contribution in [3.63, 3.8) is 0 Å². The lowest BCUT2D eigenvalue weighted by molar-refractivity contribution is -0.141. The molecule has 2 aliphatic heterocycles. The summed E-state index contributed by atoms with van der Waals surface area (Å²) in [7, 11) is 0. The molecule has 1 amide bonds. The minimum absolute atomic E-state index is 0.236. The number of morpholine rings is 1. The number of carbonyl (C=O) groups excluding carboxylic acids is 1. The lowest BCUT2D eigenvalue weighted by atomic mass is 10.1. The second-order valence-corrected chi connectivity index (χ2v) is 4.35. The van der Waals surface area contributed by atoms with E-state index < -0.39 is 11.7 Å². The average molecular weight is 248 g/mol. The molecule has 0 spiro atoms. The number of hydrogen-bond donors (Lipinski definition) is 0. The van der Waals surface area contributed by atoms with Gasteiger partial charge in [0.25, 0.3) is 5.91 Å². The van der Waals surface area contributed by atoms with E-state index in [9.17, 15) is 9.18 Å². The van der Waals surface area contributed by atoms with E-state index >= 15 is 0 Å². The molecule has 1 aromatic carbocycles. The van der Waals surface area contributed by atoms with Crippen molar-refractivity contribution in [2.24, 2.45) is 4.99 Å². The highest BCUT2D eigenvalue weighted by atomic mass is 19.1. The minimum atomic E-state index is -2.14. The molecule has 2 aliphatic rings. The molecule has 2 heterocycles. The summed E-state index contributed by atoms with van der Waals surface area (Å²) < 4.78 is 19.5. The van der Waals surface area contributed by atoms with Crippen LogP contribution in [-0.4, -0.2) is 48.6 Å². The van der Waals surface area contributed by atoms with E-state index in [0.29, 0.717) is 31.9 Å². The number of carbonyl (C=O) groups is 1. The number of ether oxygens (including phenoxy) is 1. The van der Waals surface area contributed by atoms with E-state index in [0.717, 1.165) is 0 Å². The molecule has 5 heteroatoms. The zero-order valence-corrected chi connectivity index (χ0v) is 9.80. The highest BCUT2D eigenvalue weighted by molar-refractivity contribution is 6.28. The van der Waals surface area contributed by atoms with Crippen molar-refractivity contribution in [1.82, 2.24) is 4.90 Å². The van der Waals surface area contributed by atoms with E-state index in [1.165, 1.54) is 4.90 Å². The third kappa shape index (κ3) is 1.80. The molecule has 4 nitrogen and oxygen atoms in total. The van der Waals surface area contributed by atoms with Gasteiger partial charge in [-0.3, -0.25) is 4.79 Å². The molecule has 18 heavy (non-hydrogen) atoms. The summed E-state index contributed by atoms with van der Waals surface area (Å²) in [6.45, 7) is 1.79. The van der Waals surface area contributed by atoms with Crippen LogP contribution in [0, 0.1) is 0 Å². The van der Waals surface area contributed by atoms with Gasteiger partial charge in [0.2, 0.25) is 0 Å². The van der Waals surface area contributed by atoms with E-state index in [1.807, 2.05) is 6.07 Å². The summed E-state index contributed by atoms with van der Waals surface area (Å²) in [4.78, 5) is 17.3. The van der Waals surface area contributed by atoms with Gasteiger partial charge in [0.1, 0.15) is 5.71 Å². The Morgan fingerprint density at radius 1 is 1.28 bits per heavy atom. The highest BCUT2D eigenvalue weighted by Crippen LogP contribution is 2.36. The fraction of sp³-hybridized carbons (Fsp3) is 0.385. The first-order chi connectivity index (χ1) is 8.72. The Kier molecular flexibility index (Phi) is 2.63. The topological polar surface area (TPSA) is 41.9 Å². The number of halogens is 1. The molecule has 0 radical (unpaired) electrons. The Balaban J connectivity index is 1.73. The predicted molar refractivity (Wildman–Crippen MR) is 64.2 cm³/mol. The van der Waals surface area contributed by atoms with Crippen molar-refractivity contribution >= 4 is 11.6 Å². The van der Waals surface area contributed by atoms with Crippen molar-refractivity contribution in [3.05, 3.63) is 35.9 Å². The van der Waals surface area contributed by atoms with Gasteiger partial charge >= 0.3 is 5.79 Å². The molecular weight excluding hydrogens is 235 g/mol. The summed E-state index contributed by atoms with van der Waals surface area (Å²) in [5, 5.41) is 0. The lowest BCUT2D eigenvalue weighted by Crippen LogP contribution is -2.47. The van der Waals surface area contributed by atoms with E-state index in [-0.39, 0.29) is 5.71 Å². The maximum atomic E-state index is 14.4. The molecule has 1 unspecified atom stereocenters. The molecule has 1 aromatic rings. The van der Waals surface area contributed by atoms with Gasteiger partial charge in [0.05, 0.1) is 13.2 Å². The summed E-state index contributed by atoms with van der Waals surface area (Å²) >= 11 is 0. The molecule has 0 aliphatic carbocycles. The van der Waals surface area contributed by atoms with Gasteiger partial charge in [-0.2, -0.15) is 4.39 Å². The van der Waals surface area contributed by atoms with Crippen LogP contribution in [0.25, 0.3) is 0 Å². The maximum absolute atomic E-state index is 14.4. The predicted octanol–water partition coefficient (Wildman–Crippen LogP) is 1.01. The van der Waals surface area contributed by atoms with Gasteiger partial charge in [-0.25, -0.2) is 4.99 Å². The highest BCUT2D eigenvalue weighted by Gasteiger charge is 2.57. The number of amides is 1. The molecule has 1 atom stereocenters. The summed E-state index contributed by atoms with van der Waals surface area (Å²) in [5.74, 6) is -2.71. The molecule has 0 N–H and O–H groups in total. The van der Waals surface area contributed by atoms with Crippen LogP contribution in [-0.2, 0) is 9.53 Å². The second kappa shape index (κ2) is 4.17. The average Bonchev–Trinajstić information content (AvgIpc) is 3.14. The number of benzene rings is 1. The zero-order chi connectivity index (χ0) is 12.6. The molecule has 0 aromatic heterocycles. The van der Waals surface area contributed by atoms with Crippen LogP contribution in [0.3, 0.4) is 0 Å². The third-order valence-electron chi connectivity index (χ3n) is 3.16. The fourth-order valence-corrected chi connectivity index (χ4v) is 2.10. The Hall–Kier alpha value is -1.75. The molecular formula is C13H13FN2O2. The Labute approximate surface area is 104 Å². The van der Waals surface area contributed by atoms with Crippen LogP contribution in [0.5, 0.6) is 0 Å². The van der Waals surface area contributed by atoms with Gasteiger partial charge in [-0.05, 0) is 0 Å². The SMILES string of the molecule is O=C(N1CCOCC1)C1(F)N=C1c1ccccc1. The van der Waals surface area contributed by atoms with E-state index in [4.69, 9.17) is 4.74 Å². The first-order valence-corrected chi connectivity index (χ1v) is 5.93. The maximum Gasteiger partial charge on any atom is 0.321 e. The van der Waals surface area contributed by atoms with Gasteiger partial charge in [0.15, 0.2) is 0 Å². The van der Waals surface area contributed by atoms with Crippen molar-refractivity contribution in [1.29, 1.82) is 0 Å². The Bertz CT molecular complexity index is 497. The smallest absolute Gasteiger partial charge is 0.321 e. The third-order valence-corrected chi connectivity index (χ3v) is 3.16. The molecule has 1 fully saturated rings. The number of hydrogen-bond acceptors (Lipinski definition) is 3. The molecule has 3 rings (SSSR count). The molecule has 0 bridgehead atoms. The zero-order valence-electron chi connectivity index (χ0n) is 9.80. The fourth-order valence-electron chi connectivity index (χ4n) is 2.10. The van der Waals surface area contributed by atoms with Crippen LogP contribution in [0.15, 0.2) is 35.3 Å². The van der Waals surface area contributed by atoms with Gasteiger partial charge in [-0.1, -0.05) is 30.3 Å². The first-order valence-electron chi connectivity index (χ1n) is 5.93. The minimum Gasteiger partial charge on any atom is -0.378 e. The van der Waals surface area contributed by atoms with Crippen molar-refractivity contribution in [2.75, 3.05) is 26.3 Å². The standard InChI is InChI=1S/C13H13FN2O2/c14-13(12(17)16-6-8-18-9-7-16)11(15-13)10-4-2-1-3-5-10/h1-5H,6-9H2. The second-order valence-electron chi connectivity index (χ2n) is 4.35. The normalized spacial score (nSPS) is 26.7. The van der Waals surface area contributed by atoms with Crippen LogP contribution in [0.2, 0.25) is 0 Å². The van der Waals surface area contributed by atoms with Crippen LogP contribution >= 0.6 is 0 Å². The largest absolute Gasteiger partial charge is 0.378 e. The molecule has 94 valence electrons. The first kappa shape index (κ1) is 11.3. The van der Waals surface area contributed by atoms with Crippen molar-refractivity contribution in [3.8, 4) is 0 Å². The van der Waals surface area contributed by atoms with Crippen LogP contribution in [0.1, 0.15) is 5.56 Å². The Morgan fingerprint density at radius 3 is 2.61 bits per heavy atom. The van der Waals surface area contributed by atoms with Gasteiger partial charge in [0, 0.05) is 18.7 Å². The number of rotatable bonds is 2. The number of alkyl halides is 1. The number of aliphatic imine (C=N–C) groups is 1. The monoisotopic (exact) mass is 248 g/mol. The number of nitrogens with zero attached hydrogens (tertiary/aromatic N) is 2. The summed E-state index contributed by atoms with van der Waals surface area (Å²) in [5.41, 5.74) is 0.904. The lowest BCUT2D eigenvalue weighted by Gasteiger charge is -2.27. The summed E-state index contributed by atoms with van der Waals surface area (Å²) in [6, 6.07) is 8.96. The quantitative estimate of drug-likeness (QED) is 0.733. The van der Waals surface area contributed by atoms with Crippen molar-refractivity contribution in [2.45, 2.75) is 5.79 Å². The molecule has 0 saturated carbocycles. The molecule has 1 saturated heterocycles. The van der Waals surface area contributed by atoms with Gasteiger partial charge < -0.3 is 9.64 Å².